The minimum atomic E-state index is -0.375. The van der Waals surface area contributed by atoms with E-state index in [1.165, 1.54) is 5.56 Å². The molecule has 12 rings (SSSR count). The Kier molecular flexibility index (Phi) is 7.37. The van der Waals surface area contributed by atoms with E-state index in [-0.39, 0.29) is 6.17 Å². The van der Waals surface area contributed by atoms with Crippen LogP contribution in [0.1, 0.15) is 22.9 Å². The van der Waals surface area contributed by atoms with Crippen molar-refractivity contribution in [1.82, 2.24) is 23.8 Å². The lowest BCUT2D eigenvalue weighted by molar-refractivity contribution is 0.383. The fourth-order valence-electron chi connectivity index (χ4n) is 8.93. The van der Waals surface area contributed by atoms with Crippen molar-refractivity contribution in [3.63, 3.8) is 0 Å². The van der Waals surface area contributed by atoms with Crippen molar-refractivity contribution in [3.8, 4) is 17.1 Å². The zero-order valence-corrected chi connectivity index (χ0v) is 32.1. The number of rotatable bonds is 5. The molecule has 7 heteroatoms. The highest BCUT2D eigenvalue weighted by molar-refractivity contribution is 6.18. The third-order valence-corrected chi connectivity index (χ3v) is 11.8. The highest BCUT2D eigenvalue weighted by Gasteiger charge is 2.29. The first-order valence-electron chi connectivity index (χ1n) is 19.9. The molecule has 1 aliphatic heterocycles. The molecule has 1 aliphatic rings. The summed E-state index contributed by atoms with van der Waals surface area (Å²) in [4.78, 5) is 23.6. The SMILES string of the molecule is CN1C(c2ccc(-c3ccccc3)cc2)=NC(c2cccc3ccccc23)=NC1c1ccc2c3ccccc3n(-c3nc4ccccc4c4nc5ccccc5n34)c2c1. The Bertz CT molecular complexity index is 3520. The predicted molar refractivity (Wildman–Crippen MR) is 242 cm³/mol. The number of benzene rings is 8. The van der Waals surface area contributed by atoms with E-state index in [1.54, 1.807) is 0 Å². The number of fused-ring (bicyclic) bond motifs is 9. The van der Waals surface area contributed by atoms with Crippen LogP contribution in [0.5, 0.6) is 0 Å². The first kappa shape index (κ1) is 33.3. The molecule has 8 aromatic carbocycles. The molecule has 3 aromatic heterocycles. The third-order valence-electron chi connectivity index (χ3n) is 11.8. The number of imidazole rings is 1. The Morgan fingerprint density at radius 2 is 1.12 bits per heavy atom. The number of aromatic nitrogens is 4. The van der Waals surface area contributed by atoms with Crippen molar-refractivity contribution in [2.24, 2.45) is 9.98 Å². The second-order valence-electron chi connectivity index (χ2n) is 15.2. The highest BCUT2D eigenvalue weighted by Crippen LogP contribution is 2.38. The van der Waals surface area contributed by atoms with Crippen molar-refractivity contribution < 1.29 is 0 Å². The lowest BCUT2D eigenvalue weighted by atomic mass is 10.0. The van der Waals surface area contributed by atoms with Crippen LogP contribution in [0.15, 0.2) is 198 Å². The summed E-state index contributed by atoms with van der Waals surface area (Å²) in [5.41, 5.74) is 11.2. The Hall–Kier alpha value is -7.90. The number of aliphatic imine (C=N–C) groups is 2. The second kappa shape index (κ2) is 13.1. The molecule has 0 fully saturated rings. The molecule has 4 heterocycles. The molecule has 0 radical (unpaired) electrons. The molecule has 0 aliphatic carbocycles. The Morgan fingerprint density at radius 1 is 0.475 bits per heavy atom. The monoisotopic (exact) mass is 757 g/mol. The molecule has 278 valence electrons. The van der Waals surface area contributed by atoms with Gasteiger partial charge >= 0.3 is 0 Å². The molecule has 1 atom stereocenters. The summed E-state index contributed by atoms with van der Waals surface area (Å²) < 4.78 is 4.51. The van der Waals surface area contributed by atoms with Crippen LogP contribution in [0.3, 0.4) is 0 Å². The van der Waals surface area contributed by atoms with E-state index in [0.29, 0.717) is 5.84 Å². The fourth-order valence-corrected chi connectivity index (χ4v) is 8.93. The molecule has 1 unspecified atom stereocenters. The normalized spacial score (nSPS) is 14.5. The molecule has 59 heavy (non-hydrogen) atoms. The topological polar surface area (TPSA) is 63.1 Å². The first-order chi connectivity index (χ1) is 29.2. The molecule has 0 bridgehead atoms. The number of nitrogens with zero attached hydrogens (tertiary/aromatic N) is 7. The Labute approximate surface area is 339 Å². The van der Waals surface area contributed by atoms with E-state index in [1.807, 2.05) is 18.2 Å². The van der Waals surface area contributed by atoms with E-state index in [2.05, 4.69) is 191 Å². The minimum Gasteiger partial charge on any atom is -0.333 e. The zero-order chi connectivity index (χ0) is 39.0. The van der Waals surface area contributed by atoms with Crippen molar-refractivity contribution in [2.45, 2.75) is 6.17 Å². The van der Waals surface area contributed by atoms with E-state index < -0.39 is 0 Å². The van der Waals surface area contributed by atoms with E-state index in [4.69, 9.17) is 20.0 Å². The van der Waals surface area contributed by atoms with Crippen LogP contribution in [0.2, 0.25) is 0 Å². The second-order valence-corrected chi connectivity index (χ2v) is 15.2. The molecular formula is C52H35N7. The smallest absolute Gasteiger partial charge is 0.221 e. The average Bonchev–Trinajstić information content (AvgIpc) is 3.86. The summed E-state index contributed by atoms with van der Waals surface area (Å²) in [6.07, 6.45) is -0.375. The molecule has 0 spiro atoms. The van der Waals surface area contributed by atoms with Gasteiger partial charge in [0, 0.05) is 34.3 Å². The van der Waals surface area contributed by atoms with Crippen LogP contribution in [-0.4, -0.2) is 42.6 Å². The van der Waals surface area contributed by atoms with Crippen LogP contribution in [0.25, 0.3) is 77.2 Å². The quantitative estimate of drug-likeness (QED) is 0.176. The van der Waals surface area contributed by atoms with Gasteiger partial charge in [0.05, 0.1) is 27.6 Å². The largest absolute Gasteiger partial charge is 0.333 e. The van der Waals surface area contributed by atoms with Crippen LogP contribution in [0, 0.1) is 0 Å². The summed E-state index contributed by atoms with van der Waals surface area (Å²) in [6, 6.07) is 66.0. The van der Waals surface area contributed by atoms with E-state index in [9.17, 15) is 0 Å². The molecule has 0 saturated heterocycles. The highest BCUT2D eigenvalue weighted by atomic mass is 15.3. The van der Waals surface area contributed by atoms with Crippen LogP contribution < -0.4 is 0 Å². The summed E-state index contributed by atoms with van der Waals surface area (Å²) in [7, 11) is 2.10. The maximum atomic E-state index is 5.50. The number of hydrogen-bond donors (Lipinski definition) is 0. The molecule has 0 saturated carbocycles. The molecular weight excluding hydrogens is 723 g/mol. The van der Waals surface area contributed by atoms with Gasteiger partial charge in [0.1, 0.15) is 11.5 Å². The summed E-state index contributed by atoms with van der Waals surface area (Å²) in [6.45, 7) is 0. The summed E-state index contributed by atoms with van der Waals surface area (Å²) in [5, 5.41) is 5.57. The molecule has 11 aromatic rings. The maximum absolute atomic E-state index is 5.50. The van der Waals surface area contributed by atoms with Crippen molar-refractivity contribution in [3.05, 3.63) is 205 Å². The van der Waals surface area contributed by atoms with Crippen molar-refractivity contribution >= 4 is 71.8 Å². The van der Waals surface area contributed by atoms with Gasteiger partial charge in [-0.25, -0.2) is 20.0 Å². The lowest BCUT2D eigenvalue weighted by Gasteiger charge is -2.32. The number of para-hydroxylation sites is 4. The van der Waals surface area contributed by atoms with Crippen LogP contribution in [-0.2, 0) is 0 Å². The van der Waals surface area contributed by atoms with Gasteiger partial charge in [-0.3, -0.25) is 8.97 Å². The van der Waals surface area contributed by atoms with Crippen molar-refractivity contribution in [1.29, 1.82) is 0 Å². The van der Waals surface area contributed by atoms with Gasteiger partial charge in [-0.05, 0) is 63.9 Å². The number of amidine groups is 2. The van der Waals surface area contributed by atoms with Gasteiger partial charge in [0.15, 0.2) is 12.0 Å². The zero-order valence-electron chi connectivity index (χ0n) is 32.1. The Balaban J connectivity index is 1.09. The standard InChI is InChI=1S/C52H35N7/c1-57-49(36-28-26-34(27-29-36)33-14-3-2-4-15-33)55-48(41-21-13-17-35-16-5-6-18-38(35)41)56-50(57)37-30-31-40-39-19-8-11-24-45(39)58(47(40)32-37)52-54-43-22-9-7-20-42(43)51-53-44-23-10-12-25-46(44)59(51)52/h2-32,50H,1H3. The molecule has 7 nitrogen and oxygen atoms in total. The first-order valence-corrected chi connectivity index (χ1v) is 19.9. The summed E-state index contributed by atoms with van der Waals surface area (Å²) >= 11 is 0. The van der Waals surface area contributed by atoms with Gasteiger partial charge < -0.3 is 4.90 Å². The molecule has 0 amide bonds. The van der Waals surface area contributed by atoms with Crippen LogP contribution in [0.4, 0.5) is 0 Å². The van der Waals surface area contributed by atoms with Crippen molar-refractivity contribution in [2.75, 3.05) is 7.05 Å². The number of hydrogen-bond acceptors (Lipinski definition) is 5. The van der Waals surface area contributed by atoms with Gasteiger partial charge in [0.25, 0.3) is 0 Å². The fraction of sp³-hybridized carbons (Fsp3) is 0.0385. The minimum absolute atomic E-state index is 0.375. The van der Waals surface area contributed by atoms with E-state index in [0.717, 1.165) is 94.2 Å². The van der Waals surface area contributed by atoms with Gasteiger partial charge in [0.2, 0.25) is 5.95 Å². The van der Waals surface area contributed by atoms with Gasteiger partial charge in [-0.15, -0.1) is 0 Å². The predicted octanol–water partition coefficient (Wildman–Crippen LogP) is 11.8. The average molecular weight is 758 g/mol. The Morgan fingerprint density at radius 3 is 1.97 bits per heavy atom. The maximum Gasteiger partial charge on any atom is 0.221 e. The van der Waals surface area contributed by atoms with E-state index >= 15 is 0 Å². The summed E-state index contributed by atoms with van der Waals surface area (Å²) in [5.74, 6) is 2.35. The van der Waals surface area contributed by atoms with Gasteiger partial charge in [-0.1, -0.05) is 152 Å². The third kappa shape index (κ3) is 5.21. The molecule has 0 N–H and O–H groups in total. The van der Waals surface area contributed by atoms with Gasteiger partial charge in [-0.2, -0.15) is 0 Å². The lowest BCUT2D eigenvalue weighted by Crippen LogP contribution is -2.35. The van der Waals surface area contributed by atoms with Crippen LogP contribution >= 0.6 is 0 Å².